The summed E-state index contributed by atoms with van der Waals surface area (Å²) in [4.78, 5) is 28.6. The van der Waals surface area contributed by atoms with Crippen molar-refractivity contribution >= 4 is 12.1 Å². The van der Waals surface area contributed by atoms with Crippen molar-refractivity contribution in [3.63, 3.8) is 0 Å². The van der Waals surface area contributed by atoms with Crippen LogP contribution in [0.5, 0.6) is 0 Å². The SMILES string of the molecule is Cc1ccc(-c2noc(C[C@H](NC(=O)OCC3c4ccccc4-c4ccccc43)C(=O)O)n2)cc1. The fourth-order valence-electron chi connectivity index (χ4n) is 4.31. The Morgan fingerprint density at radius 2 is 1.63 bits per heavy atom. The molecule has 4 aromatic rings. The van der Waals surface area contributed by atoms with E-state index in [9.17, 15) is 14.7 Å². The van der Waals surface area contributed by atoms with Crippen molar-refractivity contribution in [2.75, 3.05) is 6.61 Å². The van der Waals surface area contributed by atoms with E-state index >= 15 is 0 Å². The number of hydrogen-bond donors (Lipinski definition) is 2. The van der Waals surface area contributed by atoms with Crippen molar-refractivity contribution < 1.29 is 24.0 Å². The number of carboxylic acids is 1. The molecule has 0 fully saturated rings. The lowest BCUT2D eigenvalue weighted by Crippen LogP contribution is -2.43. The number of rotatable bonds is 7. The van der Waals surface area contributed by atoms with Crippen LogP contribution in [0.3, 0.4) is 0 Å². The number of alkyl carbamates (subject to hydrolysis) is 1. The summed E-state index contributed by atoms with van der Waals surface area (Å²) in [5.74, 6) is -0.893. The van der Waals surface area contributed by atoms with E-state index in [1.54, 1.807) is 0 Å². The van der Waals surface area contributed by atoms with Crippen LogP contribution in [0.1, 0.15) is 28.5 Å². The second kappa shape index (κ2) is 9.42. The van der Waals surface area contributed by atoms with Crippen LogP contribution in [0.25, 0.3) is 22.5 Å². The van der Waals surface area contributed by atoms with Crippen molar-refractivity contribution in [3.8, 4) is 22.5 Å². The summed E-state index contributed by atoms with van der Waals surface area (Å²) in [6.45, 7) is 2.06. The van der Waals surface area contributed by atoms with E-state index in [0.29, 0.717) is 5.82 Å². The highest BCUT2D eigenvalue weighted by molar-refractivity contribution is 5.81. The van der Waals surface area contributed by atoms with E-state index in [1.807, 2.05) is 79.7 Å². The maximum atomic E-state index is 12.5. The van der Waals surface area contributed by atoms with Crippen molar-refractivity contribution in [2.45, 2.75) is 25.3 Å². The Kier molecular flexibility index (Phi) is 6.01. The standard InChI is InChI=1S/C27H23N3O5/c1-16-10-12-17(13-11-16)25-29-24(35-30-25)14-23(26(31)32)28-27(33)34-15-22-20-8-4-2-6-18(20)19-7-3-5-9-21(19)22/h2-13,22-23H,14-15H2,1H3,(H,28,33)(H,31,32)/t23-/m0/s1. The first-order chi connectivity index (χ1) is 17.0. The number of aryl methyl sites for hydroxylation is 1. The second-order valence-electron chi connectivity index (χ2n) is 8.44. The Morgan fingerprint density at radius 3 is 2.26 bits per heavy atom. The monoisotopic (exact) mass is 469 g/mol. The molecule has 8 nitrogen and oxygen atoms in total. The number of carbonyl (C=O) groups excluding carboxylic acids is 1. The van der Waals surface area contributed by atoms with Gasteiger partial charge in [0.2, 0.25) is 11.7 Å². The molecule has 1 aromatic heterocycles. The molecule has 0 bridgehead atoms. The molecule has 2 N–H and O–H groups in total. The summed E-state index contributed by atoms with van der Waals surface area (Å²) in [5.41, 5.74) is 6.22. The maximum absolute atomic E-state index is 12.5. The summed E-state index contributed by atoms with van der Waals surface area (Å²) < 4.78 is 10.7. The van der Waals surface area contributed by atoms with Crippen LogP contribution in [-0.4, -0.2) is 40.0 Å². The molecule has 1 atom stereocenters. The van der Waals surface area contributed by atoms with E-state index < -0.39 is 18.1 Å². The maximum Gasteiger partial charge on any atom is 0.407 e. The number of nitrogens with zero attached hydrogens (tertiary/aromatic N) is 2. The summed E-state index contributed by atoms with van der Waals surface area (Å²) in [7, 11) is 0. The summed E-state index contributed by atoms with van der Waals surface area (Å²) in [6, 6.07) is 22.3. The third-order valence-corrected chi connectivity index (χ3v) is 6.09. The predicted molar refractivity (Wildman–Crippen MR) is 128 cm³/mol. The number of aliphatic carboxylic acids is 1. The first-order valence-electron chi connectivity index (χ1n) is 11.2. The van der Waals surface area contributed by atoms with Gasteiger partial charge in [0.15, 0.2) is 0 Å². The second-order valence-corrected chi connectivity index (χ2v) is 8.44. The van der Waals surface area contributed by atoms with Gasteiger partial charge in [0.1, 0.15) is 12.6 Å². The van der Waals surface area contributed by atoms with Crippen LogP contribution < -0.4 is 5.32 Å². The third kappa shape index (κ3) is 4.63. The van der Waals surface area contributed by atoms with Gasteiger partial charge >= 0.3 is 12.1 Å². The zero-order chi connectivity index (χ0) is 24.4. The molecule has 35 heavy (non-hydrogen) atoms. The van der Waals surface area contributed by atoms with E-state index in [4.69, 9.17) is 9.26 Å². The largest absolute Gasteiger partial charge is 0.480 e. The van der Waals surface area contributed by atoms with Gasteiger partial charge in [0.25, 0.3) is 0 Å². The number of carboxylic acid groups (broad SMARTS) is 1. The molecule has 176 valence electrons. The van der Waals surface area contributed by atoms with Crippen molar-refractivity contribution in [1.29, 1.82) is 0 Å². The minimum Gasteiger partial charge on any atom is -0.480 e. The lowest BCUT2D eigenvalue weighted by molar-refractivity contribution is -0.139. The Hall–Kier alpha value is -4.46. The third-order valence-electron chi connectivity index (χ3n) is 6.09. The van der Waals surface area contributed by atoms with Crippen LogP contribution in [-0.2, 0) is 16.0 Å². The van der Waals surface area contributed by atoms with Crippen molar-refractivity contribution in [2.24, 2.45) is 0 Å². The van der Waals surface area contributed by atoms with Gasteiger partial charge in [-0.25, -0.2) is 9.59 Å². The van der Waals surface area contributed by atoms with E-state index in [-0.39, 0.29) is 24.8 Å². The molecule has 1 aliphatic carbocycles. The molecule has 0 unspecified atom stereocenters. The molecule has 0 radical (unpaired) electrons. The Labute approximate surface area is 201 Å². The Morgan fingerprint density at radius 1 is 1.00 bits per heavy atom. The molecule has 0 saturated carbocycles. The average Bonchev–Trinajstić information content (AvgIpc) is 3.45. The number of hydrogen-bond acceptors (Lipinski definition) is 6. The van der Waals surface area contributed by atoms with Crippen LogP contribution in [0.2, 0.25) is 0 Å². The minimum absolute atomic E-state index is 0.0876. The van der Waals surface area contributed by atoms with Crippen LogP contribution in [0.15, 0.2) is 77.3 Å². The highest BCUT2D eigenvalue weighted by atomic mass is 16.5. The van der Waals surface area contributed by atoms with E-state index in [2.05, 4.69) is 15.5 Å². The molecular weight excluding hydrogens is 446 g/mol. The average molecular weight is 469 g/mol. The number of aromatic nitrogens is 2. The summed E-state index contributed by atoms with van der Waals surface area (Å²) in [6.07, 6.45) is -0.990. The number of fused-ring (bicyclic) bond motifs is 3. The molecule has 1 aliphatic rings. The zero-order valence-electron chi connectivity index (χ0n) is 19.0. The van der Waals surface area contributed by atoms with Crippen molar-refractivity contribution in [3.05, 3.63) is 95.4 Å². The Bertz CT molecular complexity index is 1330. The minimum atomic E-state index is -1.28. The molecule has 1 heterocycles. The van der Waals surface area contributed by atoms with E-state index in [0.717, 1.165) is 33.4 Å². The highest BCUT2D eigenvalue weighted by Crippen LogP contribution is 2.44. The first kappa shape index (κ1) is 22.3. The van der Waals surface area contributed by atoms with Crippen LogP contribution >= 0.6 is 0 Å². The molecule has 3 aromatic carbocycles. The molecule has 0 spiro atoms. The quantitative estimate of drug-likeness (QED) is 0.407. The van der Waals surface area contributed by atoms with Gasteiger partial charge in [-0.2, -0.15) is 4.98 Å². The van der Waals surface area contributed by atoms with Gasteiger partial charge in [-0.3, -0.25) is 0 Å². The van der Waals surface area contributed by atoms with Gasteiger partial charge in [-0.05, 0) is 29.2 Å². The van der Waals surface area contributed by atoms with Gasteiger partial charge < -0.3 is 19.7 Å². The molecule has 5 rings (SSSR count). The number of benzene rings is 3. The van der Waals surface area contributed by atoms with Crippen LogP contribution in [0.4, 0.5) is 4.79 Å². The van der Waals surface area contributed by atoms with Gasteiger partial charge in [-0.15, -0.1) is 0 Å². The normalized spacial score (nSPS) is 13.1. The Balaban J connectivity index is 1.23. The van der Waals surface area contributed by atoms with Gasteiger partial charge in [0.05, 0.1) is 6.42 Å². The van der Waals surface area contributed by atoms with Gasteiger partial charge in [0, 0.05) is 11.5 Å². The highest BCUT2D eigenvalue weighted by Gasteiger charge is 2.30. The van der Waals surface area contributed by atoms with Crippen LogP contribution in [0, 0.1) is 6.92 Å². The molecule has 0 saturated heterocycles. The molecule has 8 heteroatoms. The topological polar surface area (TPSA) is 115 Å². The summed E-state index contributed by atoms with van der Waals surface area (Å²) in [5, 5.41) is 15.9. The zero-order valence-corrected chi connectivity index (χ0v) is 19.0. The number of ether oxygens (including phenoxy) is 1. The molecule has 1 amide bonds. The van der Waals surface area contributed by atoms with Gasteiger partial charge in [-0.1, -0.05) is 83.5 Å². The first-order valence-corrected chi connectivity index (χ1v) is 11.2. The lowest BCUT2D eigenvalue weighted by atomic mass is 9.98. The number of nitrogens with one attached hydrogen (secondary N) is 1. The number of carbonyl (C=O) groups is 2. The fourth-order valence-corrected chi connectivity index (χ4v) is 4.31. The van der Waals surface area contributed by atoms with Crippen molar-refractivity contribution in [1.82, 2.24) is 15.5 Å². The molecule has 0 aliphatic heterocycles. The fraction of sp³-hybridized carbons (Fsp3) is 0.185. The lowest BCUT2D eigenvalue weighted by Gasteiger charge is -2.16. The van der Waals surface area contributed by atoms with E-state index in [1.165, 1.54) is 0 Å². The smallest absolute Gasteiger partial charge is 0.407 e. The summed E-state index contributed by atoms with van der Waals surface area (Å²) >= 11 is 0. The number of amides is 1. The molecular formula is C27H23N3O5. The predicted octanol–water partition coefficient (Wildman–Crippen LogP) is 4.58.